The van der Waals surface area contributed by atoms with E-state index in [2.05, 4.69) is 60.0 Å². The first-order valence-corrected chi connectivity index (χ1v) is 13.9. The van der Waals surface area contributed by atoms with Gasteiger partial charge in [-0.3, -0.25) is 9.52 Å². The molecule has 0 spiro atoms. The maximum absolute atomic E-state index is 13.2. The maximum Gasteiger partial charge on any atom is 0.250 e. The molecule has 0 unspecified atom stereocenters. The van der Waals surface area contributed by atoms with E-state index in [4.69, 9.17) is 10.8 Å². The molecule has 2 aromatic rings. The molecule has 0 saturated heterocycles. The largest absolute Gasteiger partial charge is 0.396 e. The van der Waals surface area contributed by atoms with E-state index < -0.39 is 0 Å². The third kappa shape index (κ3) is 8.22. The van der Waals surface area contributed by atoms with Gasteiger partial charge in [0.2, 0.25) is 5.91 Å². The van der Waals surface area contributed by atoms with Crippen molar-refractivity contribution < 1.29 is 9.90 Å². The monoisotopic (exact) mass is 508 g/mol. The Balaban J connectivity index is 1.73. The number of nitrogens with two attached hydrogens (primary N) is 1. The average molecular weight is 509 g/mol. The number of unbranched alkanes of at least 4 members (excludes halogenated alkanes) is 3. The zero-order valence-electron chi connectivity index (χ0n) is 21.6. The van der Waals surface area contributed by atoms with Crippen molar-refractivity contribution in [1.82, 2.24) is 9.62 Å². The number of carbonyl (C=O) groups excluding carboxylic acids is 1. The second kappa shape index (κ2) is 14.8. The third-order valence-corrected chi connectivity index (χ3v) is 6.93. The van der Waals surface area contributed by atoms with Gasteiger partial charge in [0.1, 0.15) is 5.84 Å². The molecular formula is C29H40N4O2S. The second-order valence-corrected chi connectivity index (χ2v) is 10.1. The van der Waals surface area contributed by atoms with Crippen molar-refractivity contribution in [3.05, 3.63) is 53.6 Å². The molecule has 0 saturated carbocycles. The van der Waals surface area contributed by atoms with Crippen LogP contribution >= 0.6 is 11.9 Å². The molecule has 3 rings (SSSR count). The molecule has 2 aromatic carbocycles. The lowest BCUT2D eigenvalue weighted by atomic mass is 10.0. The van der Waals surface area contributed by atoms with Crippen LogP contribution in [0.5, 0.6) is 0 Å². The third-order valence-electron chi connectivity index (χ3n) is 6.09. The van der Waals surface area contributed by atoms with Gasteiger partial charge in [0.25, 0.3) is 0 Å². The summed E-state index contributed by atoms with van der Waals surface area (Å²) in [6.45, 7) is 6.90. The molecule has 4 N–H and O–H groups in total. The molecule has 1 amide bonds. The second-order valence-electron chi connectivity index (χ2n) is 9.18. The van der Waals surface area contributed by atoms with Gasteiger partial charge in [0, 0.05) is 48.7 Å². The predicted octanol–water partition coefficient (Wildman–Crippen LogP) is 5.93. The van der Waals surface area contributed by atoms with E-state index in [-0.39, 0.29) is 12.5 Å². The Morgan fingerprint density at radius 2 is 1.81 bits per heavy atom. The number of benzene rings is 2. The Morgan fingerprint density at radius 3 is 2.56 bits per heavy atom. The lowest BCUT2D eigenvalue weighted by molar-refractivity contribution is -0.127. The first kappa shape index (κ1) is 28.0. The fraction of sp³-hybridized carbons (Fsp3) is 0.448. The summed E-state index contributed by atoms with van der Waals surface area (Å²) in [5.74, 6) is 0.519. The number of hydrogen-bond donors (Lipinski definition) is 3. The minimum atomic E-state index is 0.0550. The Hall–Kier alpha value is -2.61. The van der Waals surface area contributed by atoms with Gasteiger partial charge in [-0.1, -0.05) is 51.0 Å². The van der Waals surface area contributed by atoms with Crippen molar-refractivity contribution in [2.45, 2.75) is 63.7 Å². The first-order valence-electron chi connectivity index (χ1n) is 13.1. The summed E-state index contributed by atoms with van der Waals surface area (Å²) in [6, 6.07) is 14.6. The number of nitrogens with zero attached hydrogens (tertiary/aromatic N) is 2. The summed E-state index contributed by atoms with van der Waals surface area (Å²) in [6.07, 6.45) is 8.37. The number of hydrogen-bond acceptors (Lipinski definition) is 6. The van der Waals surface area contributed by atoms with Gasteiger partial charge in [0.15, 0.2) is 0 Å². The Morgan fingerprint density at radius 1 is 1.06 bits per heavy atom. The molecule has 6 nitrogen and oxygen atoms in total. The fourth-order valence-corrected chi connectivity index (χ4v) is 5.05. The Kier molecular flexibility index (Phi) is 11.5. The highest BCUT2D eigenvalue weighted by Gasteiger charge is 2.21. The lowest BCUT2D eigenvalue weighted by Crippen LogP contribution is -2.34. The van der Waals surface area contributed by atoms with Crippen molar-refractivity contribution in [2.75, 3.05) is 26.2 Å². The molecule has 0 atom stereocenters. The van der Waals surface area contributed by atoms with Gasteiger partial charge in [-0.2, -0.15) is 0 Å². The number of nitrogens with one attached hydrogen (secondary N) is 1. The van der Waals surface area contributed by atoms with Crippen LogP contribution in [0.4, 0.5) is 5.69 Å². The number of amidine groups is 1. The molecule has 1 heterocycles. The molecule has 0 bridgehead atoms. The summed E-state index contributed by atoms with van der Waals surface area (Å²) in [5, 5.41) is 8.87. The highest BCUT2D eigenvalue weighted by Crippen LogP contribution is 2.33. The van der Waals surface area contributed by atoms with Gasteiger partial charge in [0.05, 0.1) is 5.69 Å². The van der Waals surface area contributed by atoms with Gasteiger partial charge in [-0.15, -0.1) is 0 Å². The number of rotatable bonds is 14. The van der Waals surface area contributed by atoms with Gasteiger partial charge in [-0.25, -0.2) is 4.99 Å². The van der Waals surface area contributed by atoms with Crippen molar-refractivity contribution in [1.29, 1.82) is 0 Å². The molecule has 0 fully saturated rings. The smallest absolute Gasteiger partial charge is 0.250 e. The summed E-state index contributed by atoms with van der Waals surface area (Å²) in [7, 11) is 0. The summed E-state index contributed by atoms with van der Waals surface area (Å²) in [4.78, 5) is 21.0. The number of aliphatic hydroxyl groups is 1. The van der Waals surface area contributed by atoms with Crippen molar-refractivity contribution in [2.24, 2.45) is 10.7 Å². The topological polar surface area (TPSA) is 91.0 Å². The molecule has 194 valence electrons. The minimum absolute atomic E-state index is 0.0550. The van der Waals surface area contributed by atoms with Crippen LogP contribution in [0, 0.1) is 0 Å². The van der Waals surface area contributed by atoms with E-state index in [9.17, 15) is 4.79 Å². The Bertz CT molecular complexity index is 1060. The molecular weight excluding hydrogens is 468 g/mol. The number of aliphatic imine (C=N–C) groups is 1. The fourth-order valence-electron chi connectivity index (χ4n) is 4.30. The molecule has 0 aliphatic carbocycles. The summed E-state index contributed by atoms with van der Waals surface area (Å²) < 4.78 is 3.44. The van der Waals surface area contributed by atoms with Gasteiger partial charge >= 0.3 is 0 Å². The number of aliphatic hydroxyl groups excluding tert-OH is 1. The van der Waals surface area contributed by atoms with Crippen LogP contribution in [0.3, 0.4) is 0 Å². The van der Waals surface area contributed by atoms with E-state index in [0.717, 1.165) is 85.4 Å². The van der Waals surface area contributed by atoms with E-state index in [1.54, 1.807) is 11.9 Å². The normalized spacial score (nSPS) is 13.0. The number of fused-ring (bicyclic) bond motifs is 1. The van der Waals surface area contributed by atoms with Crippen molar-refractivity contribution >= 4 is 35.5 Å². The van der Waals surface area contributed by atoms with E-state index >= 15 is 0 Å². The highest BCUT2D eigenvalue weighted by molar-refractivity contribution is 7.97. The number of carbonyl (C=O) groups is 1. The molecule has 36 heavy (non-hydrogen) atoms. The van der Waals surface area contributed by atoms with Crippen LogP contribution in [-0.2, 0) is 4.79 Å². The molecule has 7 heteroatoms. The zero-order chi connectivity index (χ0) is 25.8. The minimum Gasteiger partial charge on any atom is -0.396 e. The van der Waals surface area contributed by atoms with Gasteiger partial charge in [-0.05, 0) is 73.0 Å². The molecule has 0 aromatic heterocycles. The zero-order valence-corrected chi connectivity index (χ0v) is 22.4. The van der Waals surface area contributed by atoms with Crippen LogP contribution in [-0.4, -0.2) is 48.0 Å². The van der Waals surface area contributed by atoms with Crippen LogP contribution < -0.4 is 10.5 Å². The summed E-state index contributed by atoms with van der Waals surface area (Å²) in [5.41, 5.74) is 10.9. The van der Waals surface area contributed by atoms with E-state index in [1.807, 2.05) is 17.0 Å². The average Bonchev–Trinajstić information content (AvgIpc) is 3.05. The highest BCUT2D eigenvalue weighted by atomic mass is 32.2. The number of amides is 1. The first-order chi connectivity index (χ1) is 17.5. The molecule has 0 radical (unpaired) electrons. The van der Waals surface area contributed by atoms with Crippen LogP contribution in [0.15, 0.2) is 57.9 Å². The molecule has 1 aliphatic heterocycles. The van der Waals surface area contributed by atoms with Crippen LogP contribution in [0.1, 0.15) is 64.4 Å². The standard InChI is InChI=1S/C29H40N4O2S/c1-3-15-33(16-4-2)29(35)25-18-24-13-12-23(20-27(24)32-28(30)21-25)22-10-9-11-26(19-22)36-31-14-7-5-6-8-17-34/h9-13,18-20,31,34H,3-8,14-17,21H2,1-2H3,(H2,30,32). The van der Waals surface area contributed by atoms with Gasteiger partial charge < -0.3 is 15.7 Å². The quantitative estimate of drug-likeness (QED) is 0.217. The van der Waals surface area contributed by atoms with Crippen LogP contribution in [0.25, 0.3) is 17.2 Å². The molecule has 1 aliphatic rings. The Labute approximate surface area is 220 Å². The van der Waals surface area contributed by atoms with Crippen LogP contribution in [0.2, 0.25) is 0 Å². The lowest BCUT2D eigenvalue weighted by Gasteiger charge is -2.22. The summed E-state index contributed by atoms with van der Waals surface area (Å²) >= 11 is 1.64. The van der Waals surface area contributed by atoms with E-state index in [0.29, 0.717) is 17.8 Å². The van der Waals surface area contributed by atoms with E-state index in [1.165, 1.54) is 0 Å². The SMILES string of the molecule is CCCN(CCC)C(=O)C1=Cc2ccc(-c3cccc(SNCCCCCCO)c3)cc2N=C(N)C1. The predicted molar refractivity (Wildman–Crippen MR) is 152 cm³/mol. The maximum atomic E-state index is 13.2. The van der Waals surface area contributed by atoms with Crippen molar-refractivity contribution in [3.8, 4) is 11.1 Å². The van der Waals surface area contributed by atoms with Crippen molar-refractivity contribution in [3.63, 3.8) is 0 Å².